The molecule has 0 saturated heterocycles. The third-order valence-electron chi connectivity index (χ3n) is 3.87. The maximum atomic E-state index is 11.0. The molecular weight excluding hydrogens is 330 g/mol. The van der Waals surface area contributed by atoms with Crippen molar-refractivity contribution in [2.75, 3.05) is 0 Å². The fourth-order valence-corrected chi connectivity index (χ4v) is 3.01. The average Bonchev–Trinajstić information content (AvgIpc) is 2.94. The van der Waals surface area contributed by atoms with Crippen LogP contribution in [-0.4, -0.2) is 19.6 Å². The Bertz CT molecular complexity index is 921. The number of rotatable bonds is 4. The molecule has 1 atom stereocenters. The molecule has 0 saturated carbocycles. The number of aliphatic hydroxyl groups is 1. The molecule has 0 aliphatic carbocycles. The highest BCUT2D eigenvalue weighted by molar-refractivity contribution is 6.31. The Morgan fingerprint density at radius 3 is 2.62 bits per heavy atom. The summed E-state index contributed by atoms with van der Waals surface area (Å²) >= 11 is 6.16. The molecule has 0 spiro atoms. The number of non-ortho nitro benzene ring substituents is 1. The zero-order valence-electron chi connectivity index (χ0n) is 13.2. The van der Waals surface area contributed by atoms with E-state index in [2.05, 4.69) is 4.98 Å². The summed E-state index contributed by atoms with van der Waals surface area (Å²) in [5.41, 5.74) is 1.79. The fourth-order valence-electron chi connectivity index (χ4n) is 2.79. The van der Waals surface area contributed by atoms with Crippen molar-refractivity contribution in [1.82, 2.24) is 9.55 Å². The van der Waals surface area contributed by atoms with Crippen molar-refractivity contribution in [3.05, 3.63) is 69.0 Å². The van der Waals surface area contributed by atoms with Gasteiger partial charge in [0.2, 0.25) is 0 Å². The van der Waals surface area contributed by atoms with Gasteiger partial charge in [-0.05, 0) is 32.0 Å². The van der Waals surface area contributed by atoms with Gasteiger partial charge in [-0.1, -0.05) is 23.7 Å². The van der Waals surface area contributed by atoms with Crippen molar-refractivity contribution in [3.63, 3.8) is 0 Å². The molecule has 1 N–H and O–H groups in total. The number of aliphatic hydroxyl groups excluding tert-OH is 1. The molecular formula is C17H16ClN3O3. The number of nitrogens with zero attached hydrogens (tertiary/aromatic N) is 3. The third kappa shape index (κ3) is 2.74. The maximum Gasteiger partial charge on any atom is 0.269 e. The van der Waals surface area contributed by atoms with E-state index in [1.807, 2.05) is 42.7 Å². The summed E-state index contributed by atoms with van der Waals surface area (Å²) in [7, 11) is 0. The van der Waals surface area contributed by atoms with Crippen LogP contribution in [0.4, 0.5) is 5.69 Å². The number of benzene rings is 2. The minimum atomic E-state index is -1.16. The molecule has 2 aromatic carbocycles. The van der Waals surface area contributed by atoms with Gasteiger partial charge in [-0.2, -0.15) is 0 Å². The van der Waals surface area contributed by atoms with Crippen LogP contribution in [0.3, 0.4) is 0 Å². The first-order valence-electron chi connectivity index (χ1n) is 7.49. The first-order valence-corrected chi connectivity index (χ1v) is 7.86. The van der Waals surface area contributed by atoms with Crippen molar-refractivity contribution in [2.24, 2.45) is 0 Å². The summed E-state index contributed by atoms with van der Waals surface area (Å²) < 4.78 is 1.91. The van der Waals surface area contributed by atoms with Gasteiger partial charge in [-0.3, -0.25) is 10.1 Å². The highest BCUT2D eigenvalue weighted by Gasteiger charge is 2.24. The standard InChI is InChI=1S/C17H16ClN3O3/c1-10(2)20-15-6-4-3-5-14(15)19-17(20)16(22)12-9-11(21(23)24)7-8-13(12)18/h3-10,16,22H,1-2H3. The Hall–Kier alpha value is -2.44. The topological polar surface area (TPSA) is 81.2 Å². The molecule has 1 unspecified atom stereocenters. The smallest absolute Gasteiger partial charge is 0.269 e. The minimum absolute atomic E-state index is 0.0551. The first-order chi connectivity index (χ1) is 11.4. The monoisotopic (exact) mass is 345 g/mol. The van der Waals surface area contributed by atoms with Crippen LogP contribution in [0.25, 0.3) is 11.0 Å². The second-order valence-corrected chi connectivity index (χ2v) is 6.20. The summed E-state index contributed by atoms with van der Waals surface area (Å²) in [6.07, 6.45) is -1.16. The van der Waals surface area contributed by atoms with Crippen LogP contribution in [0.5, 0.6) is 0 Å². The molecule has 0 amide bonds. The van der Waals surface area contributed by atoms with E-state index in [1.54, 1.807) is 0 Å². The number of para-hydroxylation sites is 2. The zero-order valence-corrected chi connectivity index (χ0v) is 13.9. The molecule has 3 aromatic rings. The van der Waals surface area contributed by atoms with Crippen LogP contribution >= 0.6 is 11.6 Å². The fraction of sp³-hybridized carbons (Fsp3) is 0.235. The van der Waals surface area contributed by atoms with E-state index in [9.17, 15) is 15.2 Å². The molecule has 3 rings (SSSR count). The van der Waals surface area contributed by atoms with Crippen LogP contribution in [0.2, 0.25) is 5.02 Å². The number of fused-ring (bicyclic) bond motifs is 1. The Labute approximate surface area is 143 Å². The predicted molar refractivity (Wildman–Crippen MR) is 92.3 cm³/mol. The molecule has 124 valence electrons. The molecule has 6 nitrogen and oxygen atoms in total. The lowest BCUT2D eigenvalue weighted by molar-refractivity contribution is -0.385. The van der Waals surface area contributed by atoms with Crippen molar-refractivity contribution in [3.8, 4) is 0 Å². The lowest BCUT2D eigenvalue weighted by atomic mass is 10.1. The summed E-state index contributed by atoms with van der Waals surface area (Å²) in [6.45, 7) is 3.97. The maximum absolute atomic E-state index is 11.0. The highest BCUT2D eigenvalue weighted by atomic mass is 35.5. The molecule has 0 aliphatic rings. The van der Waals surface area contributed by atoms with Gasteiger partial charge in [-0.15, -0.1) is 0 Å². The van der Waals surface area contributed by atoms with Crippen molar-refractivity contribution < 1.29 is 10.0 Å². The minimum Gasteiger partial charge on any atom is -0.380 e. The molecule has 0 fully saturated rings. The lowest BCUT2D eigenvalue weighted by Gasteiger charge is -2.18. The Kier molecular flexibility index (Phi) is 4.26. The van der Waals surface area contributed by atoms with Crippen LogP contribution in [0.1, 0.15) is 37.4 Å². The van der Waals surface area contributed by atoms with E-state index in [4.69, 9.17) is 11.6 Å². The van der Waals surface area contributed by atoms with Gasteiger partial charge >= 0.3 is 0 Å². The van der Waals surface area contributed by atoms with Crippen LogP contribution < -0.4 is 0 Å². The molecule has 0 bridgehead atoms. The van der Waals surface area contributed by atoms with Crippen molar-refractivity contribution in [2.45, 2.75) is 26.0 Å². The largest absolute Gasteiger partial charge is 0.380 e. The van der Waals surface area contributed by atoms with Gasteiger partial charge in [0.15, 0.2) is 0 Å². The number of aromatic nitrogens is 2. The van der Waals surface area contributed by atoms with Gasteiger partial charge in [0.1, 0.15) is 11.9 Å². The summed E-state index contributed by atoms with van der Waals surface area (Å²) in [6, 6.07) is 11.6. The van der Waals surface area contributed by atoms with E-state index >= 15 is 0 Å². The summed E-state index contributed by atoms with van der Waals surface area (Å²) in [5.74, 6) is 0.411. The quantitative estimate of drug-likeness (QED) is 0.565. The second-order valence-electron chi connectivity index (χ2n) is 5.79. The second kappa shape index (κ2) is 6.22. The van der Waals surface area contributed by atoms with Gasteiger partial charge in [0, 0.05) is 28.8 Å². The molecule has 24 heavy (non-hydrogen) atoms. The van der Waals surface area contributed by atoms with Crippen molar-refractivity contribution in [1.29, 1.82) is 0 Å². The van der Waals surface area contributed by atoms with Gasteiger partial charge < -0.3 is 9.67 Å². The highest BCUT2D eigenvalue weighted by Crippen LogP contribution is 2.33. The van der Waals surface area contributed by atoms with Crippen LogP contribution in [0.15, 0.2) is 42.5 Å². The Morgan fingerprint density at radius 2 is 1.96 bits per heavy atom. The van der Waals surface area contributed by atoms with Crippen LogP contribution in [-0.2, 0) is 0 Å². The first kappa shape index (κ1) is 16.4. The Balaban J connectivity index is 2.19. The van der Waals surface area contributed by atoms with E-state index in [0.29, 0.717) is 5.82 Å². The number of nitro groups is 1. The van der Waals surface area contributed by atoms with E-state index in [0.717, 1.165) is 11.0 Å². The number of hydrogen-bond donors (Lipinski definition) is 1. The molecule has 1 aromatic heterocycles. The third-order valence-corrected chi connectivity index (χ3v) is 4.21. The van der Waals surface area contributed by atoms with Gasteiger partial charge in [0.05, 0.1) is 16.0 Å². The van der Waals surface area contributed by atoms with Crippen molar-refractivity contribution >= 4 is 28.3 Å². The normalized spacial score (nSPS) is 12.7. The predicted octanol–water partition coefficient (Wildman–Crippen LogP) is 4.26. The SMILES string of the molecule is CC(C)n1c(C(O)c2cc([N+](=O)[O-])ccc2Cl)nc2ccccc21. The molecule has 0 radical (unpaired) electrons. The lowest BCUT2D eigenvalue weighted by Crippen LogP contribution is -2.12. The number of nitro benzene ring substituents is 1. The van der Waals surface area contributed by atoms with E-state index in [1.165, 1.54) is 18.2 Å². The molecule has 0 aliphatic heterocycles. The Morgan fingerprint density at radius 1 is 1.25 bits per heavy atom. The number of halogens is 1. The van der Waals surface area contributed by atoms with Gasteiger partial charge in [0.25, 0.3) is 5.69 Å². The number of hydrogen-bond acceptors (Lipinski definition) is 4. The molecule has 7 heteroatoms. The van der Waals surface area contributed by atoms with E-state index in [-0.39, 0.29) is 22.3 Å². The zero-order chi connectivity index (χ0) is 17.4. The summed E-state index contributed by atoms with van der Waals surface area (Å²) in [4.78, 5) is 15.0. The van der Waals surface area contributed by atoms with E-state index < -0.39 is 11.0 Å². The van der Waals surface area contributed by atoms with Gasteiger partial charge in [-0.25, -0.2) is 4.98 Å². The van der Waals surface area contributed by atoms with Crippen LogP contribution in [0, 0.1) is 10.1 Å². The molecule has 1 heterocycles. The number of imidazole rings is 1. The average molecular weight is 346 g/mol. The summed E-state index contributed by atoms with van der Waals surface area (Å²) in [5, 5.41) is 22.1.